The second kappa shape index (κ2) is 8.53. The number of urea groups is 1. The Labute approximate surface area is 172 Å². The SMILES string of the molecule is O=C(CCCN1C(=O)NC2(CCCC2)C1=O)N1CC[NH+](Cc2ccccc2)CC1. The number of rotatable bonds is 6. The molecule has 1 spiro atoms. The zero-order valence-corrected chi connectivity index (χ0v) is 17.0. The lowest BCUT2D eigenvalue weighted by molar-refractivity contribution is -0.917. The molecule has 2 aliphatic heterocycles. The van der Waals surface area contributed by atoms with Crippen molar-refractivity contribution in [3.63, 3.8) is 0 Å². The van der Waals surface area contributed by atoms with Crippen LogP contribution in [0.15, 0.2) is 30.3 Å². The molecule has 3 fully saturated rings. The molecule has 0 radical (unpaired) electrons. The Balaban J connectivity index is 1.19. The molecular formula is C22H31N4O3+. The van der Waals surface area contributed by atoms with Crippen molar-refractivity contribution in [2.75, 3.05) is 32.7 Å². The van der Waals surface area contributed by atoms with Crippen molar-refractivity contribution in [3.8, 4) is 0 Å². The number of benzene rings is 1. The lowest BCUT2D eigenvalue weighted by Gasteiger charge is -2.32. The highest BCUT2D eigenvalue weighted by Gasteiger charge is 2.52. The largest absolute Gasteiger partial charge is 0.331 e. The summed E-state index contributed by atoms with van der Waals surface area (Å²) in [5.74, 6) is 0.0389. The van der Waals surface area contributed by atoms with Gasteiger partial charge in [-0.3, -0.25) is 14.5 Å². The summed E-state index contributed by atoms with van der Waals surface area (Å²) in [4.78, 5) is 42.2. The van der Waals surface area contributed by atoms with Crippen molar-refractivity contribution in [2.24, 2.45) is 0 Å². The summed E-state index contributed by atoms with van der Waals surface area (Å²) in [5, 5.41) is 2.89. The normalized spacial score (nSPS) is 21.8. The molecule has 2 N–H and O–H groups in total. The van der Waals surface area contributed by atoms with Gasteiger partial charge in [0.05, 0.1) is 26.2 Å². The number of quaternary nitrogens is 1. The van der Waals surface area contributed by atoms with E-state index in [4.69, 9.17) is 0 Å². The fraction of sp³-hybridized carbons (Fsp3) is 0.591. The van der Waals surface area contributed by atoms with Crippen molar-refractivity contribution < 1.29 is 19.3 Å². The van der Waals surface area contributed by atoms with Crippen LogP contribution in [0.3, 0.4) is 0 Å². The Hall–Kier alpha value is -2.41. The van der Waals surface area contributed by atoms with Crippen molar-refractivity contribution in [1.29, 1.82) is 0 Å². The number of carbonyl (C=O) groups is 3. The van der Waals surface area contributed by atoms with Crippen LogP contribution in [-0.4, -0.2) is 65.9 Å². The van der Waals surface area contributed by atoms with Crippen LogP contribution in [0.4, 0.5) is 4.79 Å². The van der Waals surface area contributed by atoms with Gasteiger partial charge in [0.15, 0.2) is 0 Å². The molecule has 0 bridgehead atoms. The van der Waals surface area contributed by atoms with Crippen LogP contribution < -0.4 is 10.2 Å². The van der Waals surface area contributed by atoms with Gasteiger partial charge in [-0.1, -0.05) is 43.2 Å². The van der Waals surface area contributed by atoms with E-state index in [0.717, 1.165) is 58.4 Å². The second-order valence-corrected chi connectivity index (χ2v) is 8.57. The van der Waals surface area contributed by atoms with E-state index in [-0.39, 0.29) is 17.8 Å². The van der Waals surface area contributed by atoms with E-state index in [0.29, 0.717) is 19.4 Å². The molecule has 4 amide bonds. The van der Waals surface area contributed by atoms with Crippen LogP contribution in [0.2, 0.25) is 0 Å². The van der Waals surface area contributed by atoms with Gasteiger partial charge in [0, 0.05) is 18.5 Å². The van der Waals surface area contributed by atoms with E-state index in [1.165, 1.54) is 15.4 Å². The number of piperazine rings is 1. The minimum absolute atomic E-state index is 0.0921. The Morgan fingerprint density at radius 1 is 1.07 bits per heavy atom. The number of amides is 4. The minimum atomic E-state index is -0.654. The predicted molar refractivity (Wildman–Crippen MR) is 108 cm³/mol. The molecule has 1 saturated carbocycles. The zero-order valence-electron chi connectivity index (χ0n) is 17.0. The van der Waals surface area contributed by atoms with E-state index >= 15 is 0 Å². The first-order valence-electron chi connectivity index (χ1n) is 10.9. The molecule has 2 heterocycles. The first kappa shape index (κ1) is 19.9. The maximum atomic E-state index is 12.6. The van der Waals surface area contributed by atoms with Gasteiger partial charge in [-0.25, -0.2) is 4.79 Å². The molecule has 0 aromatic heterocycles. The van der Waals surface area contributed by atoms with Crippen LogP contribution in [0.5, 0.6) is 0 Å². The molecule has 7 nitrogen and oxygen atoms in total. The molecule has 156 valence electrons. The molecule has 7 heteroatoms. The summed E-state index contributed by atoms with van der Waals surface area (Å²) < 4.78 is 0. The quantitative estimate of drug-likeness (QED) is 0.687. The molecule has 1 aromatic rings. The van der Waals surface area contributed by atoms with Crippen LogP contribution in [-0.2, 0) is 16.1 Å². The van der Waals surface area contributed by atoms with Gasteiger partial charge in [-0.2, -0.15) is 0 Å². The first-order chi connectivity index (χ1) is 14.1. The maximum Gasteiger partial charge on any atom is 0.325 e. The lowest BCUT2D eigenvalue weighted by atomic mass is 9.98. The van der Waals surface area contributed by atoms with E-state index in [2.05, 4.69) is 29.6 Å². The van der Waals surface area contributed by atoms with E-state index < -0.39 is 5.54 Å². The van der Waals surface area contributed by atoms with Gasteiger partial charge >= 0.3 is 6.03 Å². The average Bonchev–Trinajstić information content (AvgIpc) is 3.29. The highest BCUT2D eigenvalue weighted by atomic mass is 16.2. The molecule has 4 rings (SSSR count). The molecule has 29 heavy (non-hydrogen) atoms. The third-order valence-electron chi connectivity index (χ3n) is 6.60. The van der Waals surface area contributed by atoms with Crippen LogP contribution >= 0.6 is 0 Å². The van der Waals surface area contributed by atoms with Crippen molar-refractivity contribution in [3.05, 3.63) is 35.9 Å². The molecule has 3 aliphatic rings. The molecule has 0 unspecified atom stereocenters. The monoisotopic (exact) mass is 399 g/mol. The average molecular weight is 400 g/mol. The molecular weight excluding hydrogens is 368 g/mol. The summed E-state index contributed by atoms with van der Waals surface area (Å²) in [5.41, 5.74) is 0.676. The second-order valence-electron chi connectivity index (χ2n) is 8.57. The highest BCUT2D eigenvalue weighted by molar-refractivity contribution is 6.07. The summed E-state index contributed by atoms with van der Waals surface area (Å²) in [6, 6.07) is 10.2. The van der Waals surface area contributed by atoms with Crippen LogP contribution in [0.25, 0.3) is 0 Å². The van der Waals surface area contributed by atoms with E-state index in [1.54, 1.807) is 0 Å². The number of carbonyl (C=O) groups excluding carboxylic acids is 3. The number of hydrogen-bond donors (Lipinski definition) is 2. The van der Waals surface area contributed by atoms with Crippen molar-refractivity contribution >= 4 is 17.8 Å². The fourth-order valence-electron chi connectivity index (χ4n) is 4.88. The van der Waals surface area contributed by atoms with Gasteiger partial charge < -0.3 is 15.1 Å². The van der Waals surface area contributed by atoms with Crippen LogP contribution in [0, 0.1) is 0 Å². The van der Waals surface area contributed by atoms with E-state index in [1.807, 2.05) is 11.0 Å². The Bertz CT molecular complexity index is 753. The topological polar surface area (TPSA) is 74.2 Å². The smallest absolute Gasteiger partial charge is 0.325 e. The number of nitrogens with one attached hydrogen (secondary N) is 2. The van der Waals surface area contributed by atoms with E-state index in [9.17, 15) is 14.4 Å². The molecule has 0 atom stereocenters. The number of imide groups is 1. The Kier molecular flexibility index (Phi) is 5.85. The first-order valence-corrected chi connectivity index (χ1v) is 10.9. The maximum absolute atomic E-state index is 12.6. The zero-order chi connectivity index (χ0) is 20.3. The van der Waals surface area contributed by atoms with Crippen molar-refractivity contribution in [1.82, 2.24) is 15.1 Å². The Morgan fingerprint density at radius 2 is 1.76 bits per heavy atom. The van der Waals surface area contributed by atoms with Gasteiger partial charge in [-0.15, -0.1) is 0 Å². The van der Waals surface area contributed by atoms with Gasteiger partial charge in [0.25, 0.3) is 5.91 Å². The number of nitrogens with zero attached hydrogens (tertiary/aromatic N) is 2. The molecule has 1 aliphatic carbocycles. The third kappa shape index (κ3) is 4.29. The predicted octanol–water partition coefficient (Wildman–Crippen LogP) is 0.559. The van der Waals surface area contributed by atoms with Gasteiger partial charge in [-0.05, 0) is 19.3 Å². The van der Waals surface area contributed by atoms with Crippen molar-refractivity contribution in [2.45, 2.75) is 50.6 Å². The standard InChI is InChI=1S/C22H30N4O3/c27-19(25-15-13-24(14-16-25)17-18-7-2-1-3-8-18)9-6-12-26-20(28)22(23-21(26)29)10-4-5-11-22/h1-3,7-8H,4-6,9-17H2,(H,23,29)/p+1. The third-order valence-corrected chi connectivity index (χ3v) is 6.60. The summed E-state index contributed by atoms with van der Waals surface area (Å²) in [6.45, 7) is 4.78. The number of hydrogen-bond acceptors (Lipinski definition) is 3. The highest BCUT2D eigenvalue weighted by Crippen LogP contribution is 2.35. The molecule has 1 aromatic carbocycles. The summed E-state index contributed by atoms with van der Waals surface area (Å²) in [7, 11) is 0. The summed E-state index contributed by atoms with van der Waals surface area (Å²) in [6.07, 6.45) is 4.36. The Morgan fingerprint density at radius 3 is 2.45 bits per heavy atom. The lowest BCUT2D eigenvalue weighted by Crippen LogP contribution is -3.13. The summed E-state index contributed by atoms with van der Waals surface area (Å²) >= 11 is 0. The van der Waals surface area contributed by atoms with Crippen LogP contribution in [0.1, 0.15) is 44.1 Å². The minimum Gasteiger partial charge on any atom is -0.331 e. The van der Waals surface area contributed by atoms with Gasteiger partial charge in [0.1, 0.15) is 12.1 Å². The van der Waals surface area contributed by atoms with Gasteiger partial charge in [0.2, 0.25) is 5.91 Å². The molecule has 2 saturated heterocycles. The fourth-order valence-corrected chi connectivity index (χ4v) is 4.88.